The maximum absolute atomic E-state index is 12.7. The monoisotopic (exact) mass is 363 g/mol. The standard InChI is InChI=1S/C16H19N4O2S2/c1-5-9(2)24-14-11-13(19(3)16(22)20(4)15(11)21)17-12(18-14)10-7-6-8-23-10/h6-9,11H,5H2,1-4H3/q+1. The van der Waals surface area contributed by atoms with E-state index in [9.17, 15) is 9.59 Å². The van der Waals surface area contributed by atoms with Crippen molar-refractivity contribution in [1.29, 1.82) is 0 Å². The molecule has 0 N–H and O–H groups in total. The predicted molar refractivity (Wildman–Crippen MR) is 98.5 cm³/mol. The summed E-state index contributed by atoms with van der Waals surface area (Å²) in [5.41, 5.74) is 0. The number of amides is 3. The Bertz CT molecular complexity index is 780. The van der Waals surface area contributed by atoms with E-state index in [2.05, 4.69) is 23.8 Å². The van der Waals surface area contributed by atoms with Crippen LogP contribution in [0.3, 0.4) is 0 Å². The molecule has 0 bridgehead atoms. The van der Waals surface area contributed by atoms with E-state index in [-0.39, 0.29) is 11.9 Å². The molecule has 3 rings (SSSR count). The van der Waals surface area contributed by atoms with Crippen LogP contribution in [0.25, 0.3) is 0 Å². The van der Waals surface area contributed by atoms with Gasteiger partial charge in [-0.25, -0.2) is 9.79 Å². The SMILES string of the molecule is CCC(C)SC1=NC(c2cccs2)=NC2=[N+](C)C(=O)N(C)C(=O)C12. The van der Waals surface area contributed by atoms with Gasteiger partial charge in [-0.15, -0.1) is 23.1 Å². The van der Waals surface area contributed by atoms with Crippen LogP contribution in [-0.4, -0.2) is 57.5 Å². The molecule has 8 heteroatoms. The van der Waals surface area contributed by atoms with Gasteiger partial charge < -0.3 is 0 Å². The van der Waals surface area contributed by atoms with Gasteiger partial charge in [0, 0.05) is 5.25 Å². The Morgan fingerprint density at radius 2 is 2.17 bits per heavy atom. The molecule has 1 aromatic heterocycles. The second-order valence-electron chi connectivity index (χ2n) is 5.73. The predicted octanol–water partition coefficient (Wildman–Crippen LogP) is 2.69. The number of urea groups is 1. The van der Waals surface area contributed by atoms with E-state index in [1.807, 2.05) is 17.5 Å². The first-order chi connectivity index (χ1) is 11.4. The van der Waals surface area contributed by atoms with Crippen molar-refractivity contribution in [3.63, 3.8) is 0 Å². The van der Waals surface area contributed by atoms with Crippen molar-refractivity contribution in [2.75, 3.05) is 14.1 Å². The van der Waals surface area contributed by atoms with Crippen LogP contribution < -0.4 is 0 Å². The first-order valence-corrected chi connectivity index (χ1v) is 9.49. The van der Waals surface area contributed by atoms with Gasteiger partial charge in [-0.3, -0.25) is 4.79 Å². The lowest BCUT2D eigenvalue weighted by atomic mass is 10.0. The van der Waals surface area contributed by atoms with Crippen LogP contribution in [0.2, 0.25) is 0 Å². The number of nitrogens with zero attached hydrogens (tertiary/aromatic N) is 4. The Kier molecular flexibility index (Phi) is 4.69. The second kappa shape index (κ2) is 6.60. The lowest BCUT2D eigenvalue weighted by Gasteiger charge is -2.27. The van der Waals surface area contributed by atoms with Crippen molar-refractivity contribution in [1.82, 2.24) is 4.90 Å². The van der Waals surface area contributed by atoms with Gasteiger partial charge in [0.15, 0.2) is 5.92 Å². The normalized spacial score (nSPS) is 22.3. The molecule has 0 fully saturated rings. The number of carbonyl (C=O) groups is 2. The van der Waals surface area contributed by atoms with Crippen molar-refractivity contribution in [3.05, 3.63) is 22.4 Å². The van der Waals surface area contributed by atoms with Crippen LogP contribution in [0.5, 0.6) is 0 Å². The highest BCUT2D eigenvalue weighted by Gasteiger charge is 2.49. The zero-order chi connectivity index (χ0) is 17.4. The Hall–Kier alpha value is -1.80. The molecule has 0 aliphatic carbocycles. The Morgan fingerprint density at radius 1 is 1.42 bits per heavy atom. The third-order valence-electron chi connectivity index (χ3n) is 4.08. The van der Waals surface area contributed by atoms with Crippen LogP contribution in [0.1, 0.15) is 25.1 Å². The van der Waals surface area contributed by atoms with Crippen molar-refractivity contribution in [3.8, 4) is 0 Å². The summed E-state index contributed by atoms with van der Waals surface area (Å²) in [4.78, 5) is 36.2. The quantitative estimate of drug-likeness (QED) is 0.776. The van der Waals surface area contributed by atoms with Gasteiger partial charge in [-0.1, -0.05) is 24.9 Å². The van der Waals surface area contributed by atoms with E-state index < -0.39 is 5.92 Å². The summed E-state index contributed by atoms with van der Waals surface area (Å²) in [7, 11) is 3.15. The average Bonchev–Trinajstić information content (AvgIpc) is 3.11. The number of rotatable bonds is 3. The number of carbonyl (C=O) groups excluding carboxylic acids is 2. The van der Waals surface area contributed by atoms with Crippen molar-refractivity contribution in [2.45, 2.75) is 25.5 Å². The van der Waals surface area contributed by atoms with Gasteiger partial charge in [0.25, 0.3) is 5.84 Å². The number of fused-ring (bicyclic) bond motifs is 1. The van der Waals surface area contributed by atoms with Gasteiger partial charge in [-0.05, 0) is 17.9 Å². The summed E-state index contributed by atoms with van der Waals surface area (Å²) in [5, 5.41) is 3.00. The fourth-order valence-corrected chi connectivity index (χ4v) is 4.19. The number of hydrogen-bond donors (Lipinski definition) is 0. The number of aliphatic imine (C=N–C) groups is 2. The Balaban J connectivity index is 2.14. The van der Waals surface area contributed by atoms with E-state index in [1.54, 1.807) is 18.8 Å². The molecule has 24 heavy (non-hydrogen) atoms. The number of thioether (sulfide) groups is 1. The number of imide groups is 1. The Labute approximate surface area is 149 Å². The van der Waals surface area contributed by atoms with E-state index in [1.165, 1.54) is 23.0 Å². The van der Waals surface area contributed by atoms with Gasteiger partial charge in [0.2, 0.25) is 5.84 Å². The fourth-order valence-electron chi connectivity index (χ4n) is 2.47. The van der Waals surface area contributed by atoms with E-state index in [0.29, 0.717) is 22.0 Å². The fraction of sp³-hybridized carbons (Fsp3) is 0.438. The van der Waals surface area contributed by atoms with Gasteiger partial charge in [0.1, 0.15) is 5.04 Å². The van der Waals surface area contributed by atoms with Crippen LogP contribution in [0.4, 0.5) is 4.79 Å². The van der Waals surface area contributed by atoms with Crippen molar-refractivity contribution < 1.29 is 14.2 Å². The largest absolute Gasteiger partial charge is 0.445 e. The molecule has 3 amide bonds. The van der Waals surface area contributed by atoms with Crippen LogP contribution in [-0.2, 0) is 4.79 Å². The second-order valence-corrected chi connectivity index (χ2v) is 8.14. The molecule has 6 nitrogen and oxygen atoms in total. The van der Waals surface area contributed by atoms with Crippen molar-refractivity contribution in [2.24, 2.45) is 15.9 Å². The highest BCUT2D eigenvalue weighted by atomic mass is 32.2. The highest BCUT2D eigenvalue weighted by Crippen LogP contribution is 2.30. The first-order valence-electron chi connectivity index (χ1n) is 7.74. The van der Waals surface area contributed by atoms with Crippen LogP contribution >= 0.6 is 23.1 Å². The molecule has 2 unspecified atom stereocenters. The summed E-state index contributed by atoms with van der Waals surface area (Å²) < 4.78 is 1.45. The van der Waals surface area contributed by atoms with E-state index in [0.717, 1.165) is 16.2 Å². The third kappa shape index (κ3) is 2.84. The zero-order valence-corrected chi connectivity index (χ0v) is 15.6. The van der Waals surface area contributed by atoms with Gasteiger partial charge in [0.05, 0.1) is 19.0 Å². The first kappa shape index (κ1) is 17.0. The molecule has 0 saturated carbocycles. The molecule has 2 aliphatic rings. The van der Waals surface area contributed by atoms with Crippen LogP contribution in [0, 0.1) is 5.92 Å². The molecule has 2 atom stereocenters. The Morgan fingerprint density at radius 3 is 2.79 bits per heavy atom. The van der Waals surface area contributed by atoms with Crippen LogP contribution in [0.15, 0.2) is 27.5 Å². The molecule has 0 saturated heterocycles. The average molecular weight is 363 g/mol. The maximum Gasteiger partial charge on any atom is 0.445 e. The molecular formula is C16H19N4O2S2+. The molecule has 0 radical (unpaired) electrons. The number of amidine groups is 2. The molecule has 1 aromatic rings. The third-order valence-corrected chi connectivity index (χ3v) is 6.25. The van der Waals surface area contributed by atoms with E-state index in [4.69, 9.17) is 0 Å². The van der Waals surface area contributed by atoms with E-state index >= 15 is 0 Å². The maximum atomic E-state index is 12.7. The number of hydrogen-bond acceptors (Lipinski definition) is 6. The molecular weight excluding hydrogens is 344 g/mol. The smallest absolute Gasteiger partial charge is 0.255 e. The van der Waals surface area contributed by atoms with Crippen molar-refractivity contribution >= 4 is 51.8 Å². The summed E-state index contributed by atoms with van der Waals surface area (Å²) in [6.45, 7) is 4.21. The molecule has 126 valence electrons. The molecule has 3 heterocycles. The molecule has 2 aliphatic heterocycles. The van der Waals surface area contributed by atoms with Gasteiger partial charge >= 0.3 is 11.9 Å². The lowest BCUT2D eigenvalue weighted by Crippen LogP contribution is -2.54. The summed E-state index contributed by atoms with van der Waals surface area (Å²) in [6, 6.07) is 3.51. The topological polar surface area (TPSA) is 65.1 Å². The minimum Gasteiger partial charge on any atom is -0.255 e. The number of thiophene rings is 1. The minimum absolute atomic E-state index is 0.267. The zero-order valence-electron chi connectivity index (χ0n) is 14.0. The molecule has 0 aromatic carbocycles. The molecule has 0 spiro atoms. The summed E-state index contributed by atoms with van der Waals surface area (Å²) in [5.74, 6) is 0.170. The lowest BCUT2D eigenvalue weighted by molar-refractivity contribution is -0.407. The van der Waals surface area contributed by atoms with Gasteiger partial charge in [-0.2, -0.15) is 9.48 Å². The summed E-state index contributed by atoms with van der Waals surface area (Å²) >= 11 is 3.12. The summed E-state index contributed by atoms with van der Waals surface area (Å²) in [6.07, 6.45) is 0.968. The minimum atomic E-state index is -0.597. The highest BCUT2D eigenvalue weighted by molar-refractivity contribution is 8.14.